The number of terminal acetylenes is 1. The van der Waals surface area contributed by atoms with Crippen LogP contribution >= 0.6 is 7.82 Å². The van der Waals surface area contributed by atoms with Gasteiger partial charge in [-0.25, -0.2) is 0 Å². The van der Waals surface area contributed by atoms with Gasteiger partial charge in [0, 0.05) is 32.2 Å². The second kappa shape index (κ2) is 41.7. The molecule has 55 heavy (non-hydrogen) atoms. The van der Waals surface area contributed by atoms with E-state index >= 15 is 0 Å². The van der Waals surface area contributed by atoms with Crippen LogP contribution in [0.3, 0.4) is 0 Å². The predicted molar refractivity (Wildman–Crippen MR) is 223 cm³/mol. The Morgan fingerprint density at radius 1 is 0.600 bits per heavy atom. The number of esters is 2. The number of carbonyl (C=O) groups is 3. The lowest BCUT2D eigenvalue weighted by Crippen LogP contribution is -2.31. The van der Waals surface area contributed by atoms with E-state index in [1.165, 1.54) is 116 Å². The Labute approximate surface area is 336 Å². The number of unbranched alkanes of at least 4 members (excludes halogenated alkanes) is 25. The number of phosphoric ester groups is 1. The number of hydrogen-bond donors (Lipinski definition) is 2. The molecule has 0 rings (SSSR count). The van der Waals surface area contributed by atoms with Crippen LogP contribution in [0.5, 0.6) is 0 Å². The first-order valence-corrected chi connectivity index (χ1v) is 23.4. The average molecular weight is 803 g/mol. The van der Waals surface area contributed by atoms with Crippen molar-refractivity contribution in [1.29, 1.82) is 0 Å². The summed E-state index contributed by atoms with van der Waals surface area (Å²) in [7, 11) is -4.78. The molecule has 0 fully saturated rings. The quantitative estimate of drug-likeness (QED) is 0.0263. The minimum Gasteiger partial charge on any atom is -0.756 e. The molecule has 0 aliphatic rings. The zero-order valence-electron chi connectivity index (χ0n) is 35.5. The maximum atomic E-state index is 12.7. The zero-order valence-corrected chi connectivity index (χ0v) is 36.4. The second-order valence-electron chi connectivity index (χ2n) is 14.8. The number of ether oxygens (including phenoxy) is 2. The average Bonchev–Trinajstić information content (AvgIpc) is 3.15. The summed E-state index contributed by atoms with van der Waals surface area (Å²) < 4.78 is 33.1. The summed E-state index contributed by atoms with van der Waals surface area (Å²) in [6, 6.07) is 0. The van der Waals surface area contributed by atoms with E-state index in [4.69, 9.17) is 24.9 Å². The van der Waals surface area contributed by atoms with Crippen molar-refractivity contribution in [3.63, 3.8) is 0 Å². The minimum atomic E-state index is -4.78. The van der Waals surface area contributed by atoms with Gasteiger partial charge in [0.2, 0.25) is 5.91 Å². The number of hydrogen-bond acceptors (Lipinski definition) is 9. The van der Waals surface area contributed by atoms with Gasteiger partial charge < -0.3 is 34.9 Å². The first-order valence-electron chi connectivity index (χ1n) is 21.9. The minimum absolute atomic E-state index is 0. The Balaban J connectivity index is 0. The molecule has 0 aliphatic heterocycles. The molecular weight excluding hydrogens is 719 g/mol. The second-order valence-corrected chi connectivity index (χ2v) is 16.2. The van der Waals surface area contributed by atoms with Crippen molar-refractivity contribution < 1.29 is 42.4 Å². The molecule has 1 unspecified atom stereocenters. The summed E-state index contributed by atoms with van der Waals surface area (Å²) >= 11 is 0. The van der Waals surface area contributed by atoms with Gasteiger partial charge in [-0.1, -0.05) is 168 Å². The van der Waals surface area contributed by atoms with Crippen molar-refractivity contribution in [1.82, 2.24) is 11.5 Å². The molecule has 0 aliphatic carbocycles. The van der Waals surface area contributed by atoms with Gasteiger partial charge in [0.25, 0.3) is 7.82 Å². The highest BCUT2D eigenvalue weighted by atomic mass is 31.2. The third-order valence-electron chi connectivity index (χ3n) is 9.51. The molecular formula is C43H83N2O9P. The monoisotopic (exact) mass is 803 g/mol. The maximum Gasteiger partial charge on any atom is 0.306 e. The van der Waals surface area contributed by atoms with Gasteiger partial charge in [0.05, 0.1) is 13.2 Å². The maximum absolute atomic E-state index is 12.7. The Morgan fingerprint density at radius 3 is 1.45 bits per heavy atom. The lowest BCUT2D eigenvalue weighted by Gasteiger charge is -2.25. The van der Waals surface area contributed by atoms with Crippen LogP contribution in [-0.4, -0.2) is 50.3 Å². The molecule has 1 amide bonds. The number of rotatable bonds is 41. The van der Waals surface area contributed by atoms with E-state index in [0.29, 0.717) is 25.7 Å². The Bertz CT molecular complexity index is 992. The highest BCUT2D eigenvalue weighted by Crippen LogP contribution is 2.38. The van der Waals surface area contributed by atoms with Crippen LogP contribution in [0.15, 0.2) is 0 Å². The first-order chi connectivity index (χ1) is 26.2. The molecule has 2 atom stereocenters. The standard InChI is InChI=1S/C43H80NO9P.H3N/c1-4-7-10-12-14-16-18-20-22-24-26-28-31-34-42(46)50-38-40(39-52-54(48,49)51-37-36-44-41(45)33-30-9-6-3)53-43(47)35-32-29-27-25-23-21-19-17-15-13-11-8-5-2;/h3,40H,4-5,7-39H2,1-2H3,(H,44,45)(H,48,49);1H3/t40-;/m1./s1. The van der Waals surface area contributed by atoms with Gasteiger partial charge >= 0.3 is 11.9 Å². The van der Waals surface area contributed by atoms with E-state index in [1.807, 2.05) is 0 Å². The van der Waals surface area contributed by atoms with Crippen LogP contribution in [0.25, 0.3) is 0 Å². The SMILES string of the molecule is C#CCCCC(=O)NCCOP(=O)([O-])OC[C@@H](COC(=O)CCCCCCCCCCCCCCC)OC(=O)CCCCCCCCCCCCCCC.[NH4+]. The molecule has 0 radical (unpaired) electrons. The van der Waals surface area contributed by atoms with Crippen molar-refractivity contribution in [3.8, 4) is 12.3 Å². The summed E-state index contributed by atoms with van der Waals surface area (Å²) in [5, 5.41) is 2.56. The van der Waals surface area contributed by atoms with Crippen LogP contribution < -0.4 is 16.4 Å². The summed E-state index contributed by atoms with van der Waals surface area (Å²) in [6.45, 7) is 3.27. The van der Waals surface area contributed by atoms with Crippen LogP contribution in [-0.2, 0) is 37.5 Å². The number of carbonyl (C=O) groups excluding carboxylic acids is 3. The third-order valence-corrected chi connectivity index (χ3v) is 10.5. The number of quaternary nitrogens is 1. The molecule has 0 heterocycles. The summed E-state index contributed by atoms with van der Waals surface area (Å²) in [4.78, 5) is 49.3. The van der Waals surface area contributed by atoms with Crippen molar-refractivity contribution in [2.45, 2.75) is 219 Å². The summed E-state index contributed by atoms with van der Waals surface area (Å²) in [6.07, 6.45) is 36.9. The number of phosphoric acid groups is 1. The van der Waals surface area contributed by atoms with Crippen LogP contribution in [0.2, 0.25) is 0 Å². The van der Waals surface area contributed by atoms with E-state index < -0.39 is 32.5 Å². The molecule has 11 nitrogen and oxygen atoms in total. The van der Waals surface area contributed by atoms with Crippen LogP contribution in [0, 0.1) is 12.3 Å². The highest BCUT2D eigenvalue weighted by molar-refractivity contribution is 7.45. The fourth-order valence-corrected chi connectivity index (χ4v) is 6.93. The van der Waals surface area contributed by atoms with Crippen molar-refractivity contribution in [2.75, 3.05) is 26.4 Å². The predicted octanol–water partition coefficient (Wildman–Crippen LogP) is 11.2. The van der Waals surface area contributed by atoms with Crippen molar-refractivity contribution in [3.05, 3.63) is 0 Å². The molecule has 5 N–H and O–H groups in total. The highest BCUT2D eigenvalue weighted by Gasteiger charge is 2.21. The normalized spacial score (nSPS) is 12.6. The van der Waals surface area contributed by atoms with E-state index in [2.05, 4.69) is 25.1 Å². The largest absolute Gasteiger partial charge is 0.756 e. The molecule has 324 valence electrons. The number of amides is 1. The molecule has 0 saturated heterocycles. The van der Waals surface area contributed by atoms with Gasteiger partial charge in [-0.2, -0.15) is 0 Å². The van der Waals surface area contributed by atoms with E-state index in [9.17, 15) is 23.8 Å². The zero-order chi connectivity index (χ0) is 39.8. The van der Waals surface area contributed by atoms with E-state index in [-0.39, 0.29) is 51.1 Å². The van der Waals surface area contributed by atoms with E-state index in [1.54, 1.807) is 0 Å². The van der Waals surface area contributed by atoms with Crippen LogP contribution in [0.4, 0.5) is 0 Å². The number of nitrogens with one attached hydrogen (secondary N) is 1. The van der Waals surface area contributed by atoms with Crippen molar-refractivity contribution in [2.24, 2.45) is 0 Å². The smallest absolute Gasteiger partial charge is 0.306 e. The fourth-order valence-electron chi connectivity index (χ4n) is 6.19. The van der Waals surface area contributed by atoms with Gasteiger partial charge in [-0.3, -0.25) is 18.9 Å². The van der Waals surface area contributed by atoms with Gasteiger partial charge in [-0.05, 0) is 19.3 Å². The van der Waals surface area contributed by atoms with Gasteiger partial charge in [-0.15, -0.1) is 12.3 Å². The Kier molecular flexibility index (Phi) is 41.8. The molecule has 0 aromatic rings. The fraction of sp³-hybridized carbons (Fsp3) is 0.884. The van der Waals surface area contributed by atoms with E-state index in [0.717, 1.165) is 38.5 Å². The van der Waals surface area contributed by atoms with Gasteiger partial charge in [0.15, 0.2) is 6.10 Å². The Hall–Kier alpha value is -1.96. The molecule has 0 bridgehead atoms. The first kappa shape index (κ1) is 55.1. The molecule has 0 aromatic heterocycles. The Morgan fingerprint density at radius 2 is 1.02 bits per heavy atom. The lowest BCUT2D eigenvalue weighted by atomic mass is 10.0. The lowest BCUT2D eigenvalue weighted by molar-refractivity contribution is -0.228. The third kappa shape index (κ3) is 41.5. The summed E-state index contributed by atoms with van der Waals surface area (Å²) in [5.74, 6) is 1.29. The van der Waals surface area contributed by atoms with Crippen molar-refractivity contribution >= 4 is 25.7 Å². The summed E-state index contributed by atoms with van der Waals surface area (Å²) in [5.41, 5.74) is 0. The van der Waals surface area contributed by atoms with Gasteiger partial charge in [0.1, 0.15) is 6.61 Å². The molecule has 0 saturated carbocycles. The topological polar surface area (TPSA) is 177 Å². The molecule has 0 spiro atoms. The van der Waals surface area contributed by atoms with Crippen LogP contribution in [0.1, 0.15) is 213 Å². The molecule has 0 aromatic carbocycles. The molecule has 12 heteroatoms.